The molecule has 0 radical (unpaired) electrons. The number of nitrogens with two attached hydrogens (primary N) is 1. The summed E-state index contributed by atoms with van der Waals surface area (Å²) in [5, 5.41) is 8.01. The lowest BCUT2D eigenvalue weighted by atomic mass is 9.96. The van der Waals surface area contributed by atoms with Gasteiger partial charge in [0.2, 0.25) is 5.91 Å². The molecule has 7 nitrogen and oxygen atoms in total. The highest BCUT2D eigenvalue weighted by Crippen LogP contribution is 2.18. The summed E-state index contributed by atoms with van der Waals surface area (Å²) in [4.78, 5) is 25.4. The van der Waals surface area contributed by atoms with Crippen LogP contribution in [-0.4, -0.2) is 44.8 Å². The van der Waals surface area contributed by atoms with Gasteiger partial charge in [-0.2, -0.15) is 0 Å². The summed E-state index contributed by atoms with van der Waals surface area (Å²) >= 11 is 0. The van der Waals surface area contributed by atoms with Crippen molar-refractivity contribution in [2.75, 3.05) is 13.1 Å². The second-order valence-electron chi connectivity index (χ2n) is 5.86. The minimum atomic E-state index is -0.289. The van der Waals surface area contributed by atoms with Crippen molar-refractivity contribution >= 4 is 11.8 Å². The van der Waals surface area contributed by atoms with Crippen LogP contribution in [0.2, 0.25) is 0 Å². The predicted octanol–water partition coefficient (Wildman–Crippen LogP) is 0.913. The molecule has 0 spiro atoms. The van der Waals surface area contributed by atoms with E-state index in [1.165, 1.54) is 0 Å². The minimum Gasteiger partial charge on any atom is -0.369 e. The van der Waals surface area contributed by atoms with Crippen LogP contribution in [-0.2, 0) is 4.79 Å². The summed E-state index contributed by atoms with van der Waals surface area (Å²) in [5.74, 6) is -0.587. The number of carbonyl (C=O) groups is 2. The van der Waals surface area contributed by atoms with Gasteiger partial charge in [0.1, 0.15) is 0 Å². The monoisotopic (exact) mass is 313 g/mol. The Morgan fingerprint density at radius 2 is 2.00 bits per heavy atom. The quantitative estimate of drug-likeness (QED) is 0.911. The lowest BCUT2D eigenvalue weighted by molar-refractivity contribution is -0.123. The zero-order chi connectivity index (χ0) is 16.4. The van der Waals surface area contributed by atoms with Crippen molar-refractivity contribution in [1.29, 1.82) is 0 Å². The van der Waals surface area contributed by atoms with Gasteiger partial charge >= 0.3 is 0 Å². The number of aryl methyl sites for hydroxylation is 1. The van der Waals surface area contributed by atoms with Gasteiger partial charge in [0.15, 0.2) is 5.69 Å². The van der Waals surface area contributed by atoms with Crippen molar-refractivity contribution in [2.24, 2.45) is 11.7 Å². The Balaban J connectivity index is 1.71. The molecule has 1 aliphatic rings. The van der Waals surface area contributed by atoms with E-state index in [4.69, 9.17) is 5.73 Å². The van der Waals surface area contributed by atoms with E-state index in [0.717, 1.165) is 11.3 Å². The number of hydrogen-bond acceptors (Lipinski definition) is 4. The van der Waals surface area contributed by atoms with Crippen LogP contribution in [0.4, 0.5) is 0 Å². The number of nitrogens with zero attached hydrogens (tertiary/aromatic N) is 4. The maximum atomic E-state index is 12.5. The second kappa shape index (κ2) is 6.20. The number of benzene rings is 1. The Kier molecular flexibility index (Phi) is 4.10. The number of carbonyl (C=O) groups excluding carboxylic acids is 2. The normalized spacial score (nSPS) is 15.6. The van der Waals surface area contributed by atoms with Crippen molar-refractivity contribution < 1.29 is 9.59 Å². The fourth-order valence-corrected chi connectivity index (χ4v) is 2.79. The predicted molar refractivity (Wildman–Crippen MR) is 83.9 cm³/mol. The lowest BCUT2D eigenvalue weighted by Gasteiger charge is -2.29. The first-order chi connectivity index (χ1) is 11.0. The third-order valence-corrected chi connectivity index (χ3v) is 4.16. The molecule has 1 fully saturated rings. The molecule has 2 amide bonds. The SMILES string of the molecule is Cc1cccc(-n2cc(C(=O)N3CCC(C(N)=O)CC3)nn2)c1. The Morgan fingerprint density at radius 3 is 2.65 bits per heavy atom. The standard InChI is InChI=1S/C16H19N5O2/c1-11-3-2-4-13(9-11)21-10-14(18-19-21)16(23)20-7-5-12(6-8-20)15(17)22/h2-4,9-10,12H,5-8H2,1H3,(H2,17,22). The van der Waals surface area contributed by atoms with E-state index in [0.29, 0.717) is 31.6 Å². The van der Waals surface area contributed by atoms with Crippen LogP contribution in [0.1, 0.15) is 28.9 Å². The molecule has 0 aliphatic carbocycles. The number of rotatable bonds is 3. The maximum absolute atomic E-state index is 12.5. The number of piperidine rings is 1. The molecular weight excluding hydrogens is 294 g/mol. The van der Waals surface area contributed by atoms with Gasteiger partial charge in [-0.1, -0.05) is 17.3 Å². The van der Waals surface area contributed by atoms with Crippen molar-refractivity contribution in [1.82, 2.24) is 19.9 Å². The number of aromatic nitrogens is 3. The fourth-order valence-electron chi connectivity index (χ4n) is 2.79. The van der Waals surface area contributed by atoms with Crippen LogP contribution in [0.5, 0.6) is 0 Å². The highest BCUT2D eigenvalue weighted by atomic mass is 16.2. The summed E-state index contributed by atoms with van der Waals surface area (Å²) < 4.78 is 1.59. The van der Waals surface area contributed by atoms with Crippen molar-refractivity contribution in [3.05, 3.63) is 41.7 Å². The lowest BCUT2D eigenvalue weighted by Crippen LogP contribution is -2.41. The van der Waals surface area contributed by atoms with Crippen LogP contribution in [0, 0.1) is 12.8 Å². The van der Waals surface area contributed by atoms with Gasteiger partial charge in [-0.05, 0) is 37.5 Å². The first kappa shape index (κ1) is 15.2. The molecule has 2 aromatic rings. The number of amides is 2. The van der Waals surface area contributed by atoms with E-state index >= 15 is 0 Å². The van der Waals surface area contributed by atoms with Crippen LogP contribution >= 0.6 is 0 Å². The maximum Gasteiger partial charge on any atom is 0.276 e. The molecular formula is C16H19N5O2. The molecule has 0 unspecified atom stereocenters. The summed E-state index contributed by atoms with van der Waals surface area (Å²) in [6, 6.07) is 7.81. The van der Waals surface area contributed by atoms with E-state index in [1.807, 2.05) is 31.2 Å². The van der Waals surface area contributed by atoms with Crippen LogP contribution < -0.4 is 5.73 Å². The first-order valence-corrected chi connectivity index (χ1v) is 7.62. The molecule has 2 heterocycles. The Labute approximate surface area is 134 Å². The molecule has 120 valence electrons. The minimum absolute atomic E-state index is 0.137. The molecule has 1 aromatic heterocycles. The average molecular weight is 313 g/mol. The van der Waals surface area contributed by atoms with Gasteiger partial charge in [-0.3, -0.25) is 9.59 Å². The Morgan fingerprint density at radius 1 is 1.26 bits per heavy atom. The largest absolute Gasteiger partial charge is 0.369 e. The third kappa shape index (κ3) is 3.23. The van der Waals surface area contributed by atoms with Crippen molar-refractivity contribution in [3.8, 4) is 5.69 Å². The highest BCUT2D eigenvalue weighted by molar-refractivity contribution is 5.92. The van der Waals surface area contributed by atoms with Crippen molar-refractivity contribution in [3.63, 3.8) is 0 Å². The van der Waals surface area contributed by atoms with Gasteiger partial charge in [-0.25, -0.2) is 4.68 Å². The number of primary amides is 1. The van der Waals surface area contributed by atoms with E-state index in [1.54, 1.807) is 15.8 Å². The first-order valence-electron chi connectivity index (χ1n) is 7.62. The van der Waals surface area contributed by atoms with E-state index in [2.05, 4.69) is 10.3 Å². The fraction of sp³-hybridized carbons (Fsp3) is 0.375. The molecule has 7 heteroatoms. The van der Waals surface area contributed by atoms with Gasteiger partial charge < -0.3 is 10.6 Å². The number of likely N-dealkylation sites (tertiary alicyclic amines) is 1. The Hall–Kier alpha value is -2.70. The summed E-state index contributed by atoms with van der Waals surface area (Å²) in [6.45, 7) is 3.03. The van der Waals surface area contributed by atoms with Gasteiger partial charge in [0, 0.05) is 19.0 Å². The van der Waals surface area contributed by atoms with Crippen LogP contribution in [0.15, 0.2) is 30.5 Å². The average Bonchev–Trinajstić information content (AvgIpc) is 3.04. The molecule has 23 heavy (non-hydrogen) atoms. The molecule has 1 saturated heterocycles. The summed E-state index contributed by atoms with van der Waals surface area (Å²) in [6.07, 6.45) is 2.84. The summed E-state index contributed by atoms with van der Waals surface area (Å²) in [5.41, 5.74) is 7.60. The van der Waals surface area contributed by atoms with Crippen LogP contribution in [0.25, 0.3) is 5.69 Å². The van der Waals surface area contributed by atoms with Gasteiger partial charge in [0.05, 0.1) is 11.9 Å². The zero-order valence-corrected chi connectivity index (χ0v) is 13.0. The van der Waals surface area contributed by atoms with E-state index in [-0.39, 0.29) is 17.7 Å². The van der Waals surface area contributed by atoms with E-state index < -0.39 is 0 Å². The number of hydrogen-bond donors (Lipinski definition) is 1. The third-order valence-electron chi connectivity index (χ3n) is 4.16. The zero-order valence-electron chi connectivity index (χ0n) is 13.0. The van der Waals surface area contributed by atoms with Gasteiger partial charge in [0.25, 0.3) is 5.91 Å². The van der Waals surface area contributed by atoms with Crippen LogP contribution in [0.3, 0.4) is 0 Å². The summed E-state index contributed by atoms with van der Waals surface area (Å²) in [7, 11) is 0. The molecule has 3 rings (SSSR count). The highest BCUT2D eigenvalue weighted by Gasteiger charge is 2.27. The molecule has 0 bridgehead atoms. The molecule has 1 aromatic carbocycles. The Bertz CT molecular complexity index is 732. The van der Waals surface area contributed by atoms with E-state index in [9.17, 15) is 9.59 Å². The second-order valence-corrected chi connectivity index (χ2v) is 5.86. The molecule has 2 N–H and O–H groups in total. The smallest absolute Gasteiger partial charge is 0.276 e. The topological polar surface area (TPSA) is 94.1 Å². The van der Waals surface area contributed by atoms with Crippen molar-refractivity contribution in [2.45, 2.75) is 19.8 Å². The van der Waals surface area contributed by atoms with Gasteiger partial charge in [-0.15, -0.1) is 5.10 Å². The molecule has 0 atom stereocenters. The molecule has 0 saturated carbocycles. The molecule has 1 aliphatic heterocycles.